The molecular formula is C18H28N6O. The second-order valence-electron chi connectivity index (χ2n) is 7.19. The molecule has 0 saturated carbocycles. The van der Waals surface area contributed by atoms with Gasteiger partial charge in [-0.25, -0.2) is 0 Å². The number of rotatable bonds is 4. The van der Waals surface area contributed by atoms with Crippen molar-refractivity contribution in [3.63, 3.8) is 0 Å². The smallest absolute Gasteiger partial charge is 0.200 e. The molecule has 0 aromatic carbocycles. The van der Waals surface area contributed by atoms with E-state index in [-0.39, 0.29) is 0 Å². The molecule has 0 bridgehead atoms. The highest BCUT2D eigenvalue weighted by Crippen LogP contribution is 2.29. The van der Waals surface area contributed by atoms with Crippen LogP contribution in [0.25, 0.3) is 5.65 Å². The normalized spacial score (nSPS) is 21.8. The fourth-order valence-corrected chi connectivity index (χ4v) is 4.17. The Hall–Kier alpha value is -1.73. The van der Waals surface area contributed by atoms with Gasteiger partial charge in [0.05, 0.1) is 24.6 Å². The SMILES string of the molecule is CCc1cc(N2CCC(C(C)N3CCOCC3)CC2)c2nncn2n1. The van der Waals surface area contributed by atoms with Gasteiger partial charge >= 0.3 is 0 Å². The molecule has 2 aromatic rings. The van der Waals surface area contributed by atoms with Gasteiger partial charge < -0.3 is 9.64 Å². The van der Waals surface area contributed by atoms with E-state index in [2.05, 4.69) is 45.0 Å². The highest BCUT2D eigenvalue weighted by atomic mass is 16.5. The summed E-state index contributed by atoms with van der Waals surface area (Å²) in [6.45, 7) is 10.6. The Morgan fingerprint density at radius 3 is 2.68 bits per heavy atom. The zero-order valence-corrected chi connectivity index (χ0v) is 15.3. The second kappa shape index (κ2) is 7.25. The fourth-order valence-electron chi connectivity index (χ4n) is 4.17. The molecule has 2 aliphatic rings. The lowest BCUT2D eigenvalue weighted by atomic mass is 9.89. The molecule has 4 heterocycles. The van der Waals surface area contributed by atoms with E-state index in [1.165, 1.54) is 18.5 Å². The van der Waals surface area contributed by atoms with E-state index in [0.29, 0.717) is 6.04 Å². The van der Waals surface area contributed by atoms with Gasteiger partial charge in [-0.2, -0.15) is 9.61 Å². The Morgan fingerprint density at radius 2 is 1.96 bits per heavy atom. The maximum atomic E-state index is 5.50. The summed E-state index contributed by atoms with van der Waals surface area (Å²) in [6.07, 6.45) is 5.07. The topological polar surface area (TPSA) is 58.8 Å². The van der Waals surface area contributed by atoms with E-state index >= 15 is 0 Å². The van der Waals surface area contributed by atoms with Crippen LogP contribution in [0.2, 0.25) is 0 Å². The molecule has 0 amide bonds. The number of aryl methyl sites for hydroxylation is 1. The number of nitrogens with zero attached hydrogens (tertiary/aromatic N) is 6. The molecule has 0 N–H and O–H groups in total. The van der Waals surface area contributed by atoms with Crippen LogP contribution in [-0.2, 0) is 11.2 Å². The van der Waals surface area contributed by atoms with Gasteiger partial charge in [-0.1, -0.05) is 6.92 Å². The molecule has 1 atom stereocenters. The average Bonchev–Trinajstić information content (AvgIpc) is 3.16. The largest absolute Gasteiger partial charge is 0.379 e. The number of ether oxygens (including phenoxy) is 1. The molecular weight excluding hydrogens is 316 g/mol. The summed E-state index contributed by atoms with van der Waals surface area (Å²) >= 11 is 0. The molecule has 2 aliphatic heterocycles. The molecule has 7 nitrogen and oxygen atoms in total. The Kier molecular flexibility index (Phi) is 4.85. The van der Waals surface area contributed by atoms with Crippen molar-refractivity contribution in [2.75, 3.05) is 44.3 Å². The highest BCUT2D eigenvalue weighted by molar-refractivity contribution is 5.68. The van der Waals surface area contributed by atoms with Gasteiger partial charge in [-0.15, -0.1) is 10.2 Å². The molecule has 25 heavy (non-hydrogen) atoms. The van der Waals surface area contributed by atoms with Gasteiger partial charge in [0, 0.05) is 32.2 Å². The quantitative estimate of drug-likeness (QED) is 0.840. The number of anilines is 1. The summed E-state index contributed by atoms with van der Waals surface area (Å²) in [4.78, 5) is 5.07. The summed E-state index contributed by atoms with van der Waals surface area (Å²) < 4.78 is 7.31. The van der Waals surface area contributed by atoms with Crippen molar-refractivity contribution in [2.45, 2.75) is 39.2 Å². The standard InChI is InChI=1S/C18H28N6O/c1-3-16-12-17(18-20-19-13-24(18)21-16)23-6-4-15(5-7-23)14(2)22-8-10-25-11-9-22/h12-15H,3-11H2,1-2H3. The van der Waals surface area contributed by atoms with Crippen LogP contribution in [-0.4, -0.2) is 70.1 Å². The third-order valence-corrected chi connectivity index (χ3v) is 5.85. The van der Waals surface area contributed by atoms with Crippen LogP contribution in [0.4, 0.5) is 5.69 Å². The molecule has 2 aromatic heterocycles. The van der Waals surface area contributed by atoms with E-state index in [1.807, 2.05) is 4.52 Å². The van der Waals surface area contributed by atoms with Crippen LogP contribution >= 0.6 is 0 Å². The van der Waals surface area contributed by atoms with E-state index < -0.39 is 0 Å². The maximum Gasteiger partial charge on any atom is 0.200 e. The zero-order chi connectivity index (χ0) is 17.2. The van der Waals surface area contributed by atoms with E-state index in [1.54, 1.807) is 6.33 Å². The first-order valence-electron chi connectivity index (χ1n) is 9.53. The molecule has 0 radical (unpaired) electrons. The summed E-state index contributed by atoms with van der Waals surface area (Å²) in [7, 11) is 0. The number of hydrogen-bond donors (Lipinski definition) is 0. The van der Waals surface area contributed by atoms with Crippen molar-refractivity contribution in [2.24, 2.45) is 5.92 Å². The highest BCUT2D eigenvalue weighted by Gasteiger charge is 2.29. The number of morpholine rings is 1. The lowest BCUT2D eigenvalue weighted by Gasteiger charge is -2.41. The third-order valence-electron chi connectivity index (χ3n) is 5.85. The molecule has 7 heteroatoms. The van der Waals surface area contributed by atoms with Gasteiger partial charge in [0.1, 0.15) is 6.33 Å². The molecule has 2 saturated heterocycles. The van der Waals surface area contributed by atoms with Crippen LogP contribution in [0.1, 0.15) is 32.4 Å². The Morgan fingerprint density at radius 1 is 1.20 bits per heavy atom. The van der Waals surface area contributed by atoms with Gasteiger partial charge in [0.15, 0.2) is 0 Å². The predicted octanol–water partition coefficient (Wildman–Crippen LogP) is 1.62. The summed E-state index contributed by atoms with van der Waals surface area (Å²) in [5.41, 5.74) is 3.14. The Bertz CT molecular complexity index is 703. The van der Waals surface area contributed by atoms with E-state index in [4.69, 9.17) is 4.74 Å². The molecule has 2 fully saturated rings. The predicted molar refractivity (Wildman–Crippen MR) is 97.0 cm³/mol. The summed E-state index contributed by atoms with van der Waals surface area (Å²) in [5, 5.41) is 12.9. The van der Waals surface area contributed by atoms with Crippen molar-refractivity contribution in [1.29, 1.82) is 0 Å². The lowest BCUT2D eigenvalue weighted by molar-refractivity contribution is 0.00449. The van der Waals surface area contributed by atoms with Gasteiger partial charge in [-0.3, -0.25) is 4.90 Å². The maximum absolute atomic E-state index is 5.50. The van der Waals surface area contributed by atoms with Crippen LogP contribution in [0.3, 0.4) is 0 Å². The number of aromatic nitrogens is 4. The third kappa shape index (κ3) is 3.35. The average molecular weight is 344 g/mol. The van der Waals surface area contributed by atoms with E-state index in [0.717, 1.165) is 63.1 Å². The second-order valence-corrected chi connectivity index (χ2v) is 7.19. The van der Waals surface area contributed by atoms with Crippen LogP contribution < -0.4 is 4.90 Å². The van der Waals surface area contributed by atoms with Crippen molar-refractivity contribution in [1.82, 2.24) is 24.7 Å². The number of piperidine rings is 1. The summed E-state index contributed by atoms with van der Waals surface area (Å²) in [6, 6.07) is 2.83. The monoisotopic (exact) mass is 344 g/mol. The summed E-state index contributed by atoms with van der Waals surface area (Å²) in [5.74, 6) is 0.760. The van der Waals surface area contributed by atoms with Crippen LogP contribution in [0.15, 0.2) is 12.4 Å². The minimum atomic E-state index is 0.641. The van der Waals surface area contributed by atoms with E-state index in [9.17, 15) is 0 Å². The Balaban J connectivity index is 1.46. The van der Waals surface area contributed by atoms with Gasteiger partial charge in [-0.05, 0) is 38.2 Å². The van der Waals surface area contributed by atoms with Crippen molar-refractivity contribution in [3.8, 4) is 0 Å². The van der Waals surface area contributed by atoms with Gasteiger partial charge in [0.2, 0.25) is 5.65 Å². The molecule has 0 aliphatic carbocycles. The Labute approximate surface area is 149 Å². The first kappa shape index (κ1) is 16.7. The molecule has 0 spiro atoms. The lowest BCUT2D eigenvalue weighted by Crippen LogP contribution is -2.48. The van der Waals surface area contributed by atoms with Crippen LogP contribution in [0, 0.1) is 5.92 Å². The van der Waals surface area contributed by atoms with Crippen LogP contribution in [0.5, 0.6) is 0 Å². The first-order valence-corrected chi connectivity index (χ1v) is 9.53. The minimum absolute atomic E-state index is 0.641. The molecule has 4 rings (SSSR count). The van der Waals surface area contributed by atoms with Gasteiger partial charge in [0.25, 0.3) is 0 Å². The van der Waals surface area contributed by atoms with Crippen molar-refractivity contribution < 1.29 is 4.74 Å². The zero-order valence-electron chi connectivity index (χ0n) is 15.3. The number of hydrogen-bond acceptors (Lipinski definition) is 6. The minimum Gasteiger partial charge on any atom is -0.379 e. The van der Waals surface area contributed by atoms with Crippen molar-refractivity contribution >= 4 is 11.3 Å². The number of fused-ring (bicyclic) bond motifs is 1. The first-order chi connectivity index (χ1) is 12.3. The van der Waals surface area contributed by atoms with Crippen molar-refractivity contribution in [3.05, 3.63) is 18.1 Å². The molecule has 136 valence electrons. The fraction of sp³-hybridized carbons (Fsp3) is 0.722. The molecule has 1 unspecified atom stereocenters.